The molecule has 1 atom stereocenters. The van der Waals surface area contributed by atoms with Gasteiger partial charge >= 0.3 is 0 Å². The van der Waals surface area contributed by atoms with Crippen LogP contribution in [0.25, 0.3) is 16.9 Å². The highest BCUT2D eigenvalue weighted by Crippen LogP contribution is 2.39. The third kappa shape index (κ3) is 4.62. The van der Waals surface area contributed by atoms with E-state index in [1.807, 2.05) is 20.8 Å². The molecule has 1 aromatic carbocycles. The Bertz CT molecular complexity index is 1000. The fraction of sp³-hybridized carbons (Fsp3) is 0.450. The fourth-order valence-corrected chi connectivity index (χ4v) is 3.08. The van der Waals surface area contributed by atoms with Crippen molar-refractivity contribution >= 4 is 23.2 Å². The van der Waals surface area contributed by atoms with E-state index in [-0.39, 0.29) is 46.4 Å². The zero-order valence-corrected chi connectivity index (χ0v) is 18.0. The van der Waals surface area contributed by atoms with Crippen molar-refractivity contribution in [1.29, 1.82) is 0 Å². The molecule has 0 bridgehead atoms. The molecule has 0 saturated heterocycles. The molecule has 2 heterocycles. The van der Waals surface area contributed by atoms with Gasteiger partial charge in [0, 0.05) is 38.3 Å². The Balaban J connectivity index is 2.08. The van der Waals surface area contributed by atoms with Crippen LogP contribution in [0, 0.1) is 17.6 Å². The first kappa shape index (κ1) is 22.2. The van der Waals surface area contributed by atoms with Crippen LogP contribution in [-0.4, -0.2) is 45.9 Å². The van der Waals surface area contributed by atoms with Crippen LogP contribution in [0.1, 0.15) is 27.2 Å². The predicted octanol–water partition coefficient (Wildman–Crippen LogP) is 4.59. The molecule has 0 fully saturated rings. The number of halogens is 3. The Kier molecular flexibility index (Phi) is 7.04. The minimum atomic E-state index is -0.819. The standard InChI is InChI=1S/C20H24ClF2N5O2/c1-11(2)12(3)26-19-17(18(21)27-20-24-10-25-28(19)20)16-14(22)8-13(9-15(16)23)30-7-5-6-29-4/h8-12,26H,5-7H2,1-4H3. The van der Waals surface area contributed by atoms with E-state index in [1.165, 1.54) is 10.8 Å². The van der Waals surface area contributed by atoms with Crippen LogP contribution >= 0.6 is 11.6 Å². The molecule has 10 heteroatoms. The van der Waals surface area contributed by atoms with E-state index in [0.717, 1.165) is 12.1 Å². The normalized spacial score (nSPS) is 12.5. The van der Waals surface area contributed by atoms with E-state index in [2.05, 4.69) is 20.4 Å². The maximum Gasteiger partial charge on any atom is 0.255 e. The van der Waals surface area contributed by atoms with E-state index in [4.69, 9.17) is 21.1 Å². The van der Waals surface area contributed by atoms with Gasteiger partial charge in [-0.3, -0.25) is 0 Å². The van der Waals surface area contributed by atoms with Crippen LogP contribution in [-0.2, 0) is 4.74 Å². The van der Waals surface area contributed by atoms with Crippen LogP contribution in [0.3, 0.4) is 0 Å². The minimum Gasteiger partial charge on any atom is -0.493 e. The second-order valence-electron chi connectivity index (χ2n) is 7.23. The van der Waals surface area contributed by atoms with Crippen molar-refractivity contribution in [3.05, 3.63) is 35.2 Å². The lowest BCUT2D eigenvalue weighted by Gasteiger charge is -2.22. The summed E-state index contributed by atoms with van der Waals surface area (Å²) in [5.74, 6) is -0.779. The van der Waals surface area contributed by atoms with Gasteiger partial charge in [-0.15, -0.1) is 0 Å². The van der Waals surface area contributed by atoms with Gasteiger partial charge in [0.05, 0.1) is 17.7 Å². The molecule has 7 nitrogen and oxygen atoms in total. The number of nitrogens with one attached hydrogen (secondary N) is 1. The quantitative estimate of drug-likeness (QED) is 0.388. The molecular weight excluding hydrogens is 416 g/mol. The molecule has 0 spiro atoms. The van der Waals surface area contributed by atoms with Crippen molar-refractivity contribution < 1.29 is 18.3 Å². The first-order chi connectivity index (χ1) is 14.3. The van der Waals surface area contributed by atoms with Gasteiger partial charge in [0.2, 0.25) is 0 Å². The maximum absolute atomic E-state index is 15.0. The van der Waals surface area contributed by atoms with Crippen molar-refractivity contribution in [2.75, 3.05) is 25.6 Å². The summed E-state index contributed by atoms with van der Waals surface area (Å²) in [6, 6.07) is 2.22. The van der Waals surface area contributed by atoms with Gasteiger partial charge in [-0.2, -0.15) is 19.6 Å². The molecule has 3 aromatic rings. The average molecular weight is 440 g/mol. The van der Waals surface area contributed by atoms with Gasteiger partial charge in [-0.05, 0) is 12.8 Å². The Morgan fingerprint density at radius 2 is 1.83 bits per heavy atom. The van der Waals surface area contributed by atoms with Gasteiger partial charge in [-0.1, -0.05) is 25.4 Å². The molecule has 2 aromatic heterocycles. The van der Waals surface area contributed by atoms with E-state index in [9.17, 15) is 0 Å². The zero-order valence-electron chi connectivity index (χ0n) is 17.2. The number of rotatable bonds is 9. The number of fused-ring (bicyclic) bond motifs is 1. The molecule has 0 amide bonds. The average Bonchev–Trinajstić information content (AvgIpc) is 3.14. The molecule has 0 saturated carbocycles. The third-order valence-corrected chi connectivity index (χ3v) is 5.05. The monoisotopic (exact) mass is 439 g/mol. The summed E-state index contributed by atoms with van der Waals surface area (Å²) in [6.45, 7) is 6.77. The van der Waals surface area contributed by atoms with Crippen LogP contribution in [0.2, 0.25) is 5.15 Å². The van der Waals surface area contributed by atoms with Gasteiger partial charge in [0.25, 0.3) is 5.78 Å². The van der Waals surface area contributed by atoms with Crippen LogP contribution in [0.5, 0.6) is 5.75 Å². The first-order valence-corrected chi connectivity index (χ1v) is 9.98. The van der Waals surface area contributed by atoms with E-state index < -0.39 is 11.6 Å². The summed E-state index contributed by atoms with van der Waals surface area (Å²) in [5, 5.41) is 7.30. The highest BCUT2D eigenvalue weighted by molar-refractivity contribution is 6.33. The number of methoxy groups -OCH3 is 1. The van der Waals surface area contributed by atoms with Gasteiger partial charge in [-0.25, -0.2) is 8.78 Å². The summed E-state index contributed by atoms with van der Waals surface area (Å²) >= 11 is 6.35. The summed E-state index contributed by atoms with van der Waals surface area (Å²) in [6.07, 6.45) is 1.90. The summed E-state index contributed by atoms with van der Waals surface area (Å²) in [5.41, 5.74) is -0.240. The molecule has 1 N–H and O–H groups in total. The highest BCUT2D eigenvalue weighted by atomic mass is 35.5. The number of hydrogen-bond acceptors (Lipinski definition) is 6. The van der Waals surface area contributed by atoms with Crippen molar-refractivity contribution in [2.24, 2.45) is 5.92 Å². The number of ether oxygens (including phenoxy) is 2. The molecule has 0 aliphatic rings. The van der Waals surface area contributed by atoms with E-state index in [1.54, 1.807) is 7.11 Å². The lowest BCUT2D eigenvalue weighted by Crippen LogP contribution is -2.24. The Morgan fingerprint density at radius 3 is 2.47 bits per heavy atom. The van der Waals surface area contributed by atoms with Crippen LogP contribution in [0.15, 0.2) is 18.5 Å². The van der Waals surface area contributed by atoms with Gasteiger partial charge in [0.15, 0.2) is 0 Å². The van der Waals surface area contributed by atoms with Gasteiger partial charge in [0.1, 0.15) is 34.7 Å². The van der Waals surface area contributed by atoms with Crippen LogP contribution in [0.4, 0.5) is 14.6 Å². The molecule has 30 heavy (non-hydrogen) atoms. The largest absolute Gasteiger partial charge is 0.493 e. The molecule has 162 valence electrons. The highest BCUT2D eigenvalue weighted by Gasteiger charge is 2.25. The Labute approximate surface area is 178 Å². The summed E-state index contributed by atoms with van der Waals surface area (Å²) < 4.78 is 41.8. The maximum atomic E-state index is 15.0. The Morgan fingerprint density at radius 1 is 1.13 bits per heavy atom. The number of aromatic nitrogens is 4. The number of hydrogen-bond donors (Lipinski definition) is 1. The number of benzene rings is 1. The molecule has 0 aliphatic carbocycles. The van der Waals surface area contributed by atoms with Crippen molar-refractivity contribution in [1.82, 2.24) is 19.6 Å². The molecule has 0 radical (unpaired) electrons. The molecule has 1 unspecified atom stereocenters. The summed E-state index contributed by atoms with van der Waals surface area (Å²) in [7, 11) is 1.57. The lowest BCUT2D eigenvalue weighted by atomic mass is 10.0. The van der Waals surface area contributed by atoms with Crippen molar-refractivity contribution in [3.63, 3.8) is 0 Å². The first-order valence-electron chi connectivity index (χ1n) is 9.60. The molecular formula is C20H24ClF2N5O2. The molecule has 0 aliphatic heterocycles. The second kappa shape index (κ2) is 9.53. The second-order valence-corrected chi connectivity index (χ2v) is 7.59. The Hall–Kier alpha value is -2.52. The van der Waals surface area contributed by atoms with E-state index >= 15 is 8.78 Å². The topological polar surface area (TPSA) is 73.6 Å². The smallest absolute Gasteiger partial charge is 0.255 e. The zero-order chi connectivity index (χ0) is 21.8. The SMILES string of the molecule is COCCCOc1cc(F)c(-c2c(Cl)nc3ncnn3c2NC(C)C(C)C)c(F)c1. The van der Waals surface area contributed by atoms with Gasteiger partial charge < -0.3 is 14.8 Å². The number of nitrogens with zero attached hydrogens (tertiary/aromatic N) is 4. The minimum absolute atomic E-state index is 0.0378. The van der Waals surface area contributed by atoms with E-state index in [0.29, 0.717) is 18.8 Å². The molecule has 3 rings (SSSR count). The van der Waals surface area contributed by atoms with Crippen molar-refractivity contribution in [3.8, 4) is 16.9 Å². The third-order valence-electron chi connectivity index (χ3n) is 4.77. The lowest BCUT2D eigenvalue weighted by molar-refractivity contribution is 0.172. The van der Waals surface area contributed by atoms with Crippen molar-refractivity contribution in [2.45, 2.75) is 33.2 Å². The fourth-order valence-electron chi connectivity index (χ4n) is 2.82. The van der Waals surface area contributed by atoms with Crippen LogP contribution < -0.4 is 10.1 Å². The number of anilines is 1. The predicted molar refractivity (Wildman–Crippen MR) is 111 cm³/mol. The summed E-state index contributed by atoms with van der Waals surface area (Å²) in [4.78, 5) is 8.17.